The highest BCUT2D eigenvalue weighted by Gasteiger charge is 2.12. The van der Waals surface area contributed by atoms with Gasteiger partial charge in [0.1, 0.15) is 5.76 Å². The van der Waals surface area contributed by atoms with E-state index < -0.39 is 0 Å². The molecule has 16 heavy (non-hydrogen) atoms. The second kappa shape index (κ2) is 4.67. The zero-order valence-electron chi connectivity index (χ0n) is 9.18. The third-order valence-corrected chi connectivity index (χ3v) is 2.59. The molecule has 0 fully saturated rings. The fourth-order valence-corrected chi connectivity index (χ4v) is 1.75. The monoisotopic (exact) mass is 211 g/mol. The van der Waals surface area contributed by atoms with E-state index in [1.54, 1.807) is 6.26 Å². The second-order valence-electron chi connectivity index (χ2n) is 3.88. The second-order valence-corrected chi connectivity index (χ2v) is 3.88. The van der Waals surface area contributed by atoms with Gasteiger partial charge in [0.2, 0.25) is 0 Å². The molecule has 1 heterocycles. The molecule has 0 N–H and O–H groups in total. The molecular formula is C14H13NO. The lowest BCUT2D eigenvalue weighted by molar-refractivity contribution is 0.501. The summed E-state index contributed by atoms with van der Waals surface area (Å²) in [6.45, 7) is 2.03. The van der Waals surface area contributed by atoms with Crippen molar-refractivity contribution in [1.29, 1.82) is 5.26 Å². The first kappa shape index (κ1) is 10.5. The summed E-state index contributed by atoms with van der Waals surface area (Å²) in [4.78, 5) is 0. The molecule has 1 atom stereocenters. The Morgan fingerprint density at radius 1 is 1.31 bits per heavy atom. The van der Waals surface area contributed by atoms with Gasteiger partial charge in [0, 0.05) is 6.42 Å². The van der Waals surface area contributed by atoms with Crippen LogP contribution in [-0.4, -0.2) is 0 Å². The van der Waals surface area contributed by atoms with Gasteiger partial charge < -0.3 is 4.42 Å². The van der Waals surface area contributed by atoms with Gasteiger partial charge in [-0.25, -0.2) is 0 Å². The number of aryl methyl sites for hydroxylation is 1. The van der Waals surface area contributed by atoms with E-state index in [1.807, 2.05) is 37.3 Å². The maximum Gasteiger partial charge on any atom is 0.105 e. The van der Waals surface area contributed by atoms with E-state index in [1.165, 1.54) is 5.56 Å². The Balaban J connectivity index is 2.21. The van der Waals surface area contributed by atoms with E-state index in [-0.39, 0.29) is 5.92 Å². The van der Waals surface area contributed by atoms with Gasteiger partial charge in [-0.15, -0.1) is 0 Å². The fourth-order valence-electron chi connectivity index (χ4n) is 1.75. The largest absolute Gasteiger partial charge is 0.469 e. The van der Waals surface area contributed by atoms with Gasteiger partial charge in [-0.2, -0.15) is 5.26 Å². The average molecular weight is 211 g/mol. The van der Waals surface area contributed by atoms with Crippen LogP contribution < -0.4 is 0 Å². The van der Waals surface area contributed by atoms with Crippen LogP contribution in [0.25, 0.3) is 0 Å². The molecule has 1 aromatic heterocycles. The van der Waals surface area contributed by atoms with Crippen LogP contribution in [0.15, 0.2) is 47.1 Å². The Morgan fingerprint density at radius 2 is 2.19 bits per heavy atom. The first-order chi connectivity index (χ1) is 7.79. The van der Waals surface area contributed by atoms with Crippen molar-refractivity contribution in [2.45, 2.75) is 19.3 Å². The Morgan fingerprint density at radius 3 is 2.81 bits per heavy atom. The van der Waals surface area contributed by atoms with Crippen molar-refractivity contribution in [3.63, 3.8) is 0 Å². The van der Waals surface area contributed by atoms with Gasteiger partial charge in [0.25, 0.3) is 0 Å². The van der Waals surface area contributed by atoms with Gasteiger partial charge in [0.15, 0.2) is 0 Å². The molecule has 2 rings (SSSR count). The molecular weight excluding hydrogens is 198 g/mol. The van der Waals surface area contributed by atoms with Crippen molar-refractivity contribution in [3.05, 3.63) is 59.5 Å². The summed E-state index contributed by atoms with van der Waals surface area (Å²) >= 11 is 0. The third-order valence-electron chi connectivity index (χ3n) is 2.59. The molecule has 0 saturated heterocycles. The van der Waals surface area contributed by atoms with E-state index in [2.05, 4.69) is 12.1 Å². The molecule has 1 unspecified atom stereocenters. The minimum absolute atomic E-state index is 0.133. The molecule has 2 nitrogen and oxygen atoms in total. The number of hydrogen-bond donors (Lipinski definition) is 0. The molecule has 0 bridgehead atoms. The highest BCUT2D eigenvalue weighted by atomic mass is 16.3. The molecule has 1 aromatic carbocycles. The Bertz CT molecular complexity index is 494. The standard InChI is InChI=1S/C14H13NO/c1-11-4-2-5-12(8-11)13(10-15)9-14-6-3-7-16-14/h2-8,13H,9H2,1H3. The van der Waals surface area contributed by atoms with Crippen molar-refractivity contribution >= 4 is 0 Å². The summed E-state index contributed by atoms with van der Waals surface area (Å²) < 4.78 is 5.27. The van der Waals surface area contributed by atoms with Crippen molar-refractivity contribution < 1.29 is 4.42 Å². The Hall–Kier alpha value is -2.01. The molecule has 80 valence electrons. The lowest BCUT2D eigenvalue weighted by Crippen LogP contribution is -1.99. The topological polar surface area (TPSA) is 36.9 Å². The van der Waals surface area contributed by atoms with Crippen LogP contribution in [0.4, 0.5) is 0 Å². The van der Waals surface area contributed by atoms with Gasteiger partial charge in [0.05, 0.1) is 18.3 Å². The smallest absolute Gasteiger partial charge is 0.105 e. The summed E-state index contributed by atoms with van der Waals surface area (Å²) in [5, 5.41) is 9.18. The van der Waals surface area contributed by atoms with Gasteiger partial charge >= 0.3 is 0 Å². The van der Waals surface area contributed by atoms with E-state index in [0.717, 1.165) is 11.3 Å². The number of nitriles is 1. The number of benzene rings is 1. The molecule has 0 saturated carbocycles. The summed E-state index contributed by atoms with van der Waals surface area (Å²) in [5.74, 6) is 0.721. The minimum atomic E-state index is -0.133. The van der Waals surface area contributed by atoms with Crippen molar-refractivity contribution in [1.82, 2.24) is 0 Å². The molecule has 0 aliphatic rings. The number of furan rings is 1. The number of nitrogens with zero attached hydrogens (tertiary/aromatic N) is 1. The van der Waals surface area contributed by atoms with Gasteiger partial charge in [-0.3, -0.25) is 0 Å². The third kappa shape index (κ3) is 2.32. The molecule has 0 aliphatic carbocycles. The minimum Gasteiger partial charge on any atom is -0.469 e. The van der Waals surface area contributed by atoms with Crippen LogP contribution >= 0.6 is 0 Å². The van der Waals surface area contributed by atoms with Crippen LogP contribution in [0.3, 0.4) is 0 Å². The first-order valence-corrected chi connectivity index (χ1v) is 5.28. The highest BCUT2D eigenvalue weighted by molar-refractivity contribution is 5.30. The zero-order chi connectivity index (χ0) is 11.4. The molecule has 2 aromatic rings. The first-order valence-electron chi connectivity index (χ1n) is 5.28. The van der Waals surface area contributed by atoms with Crippen LogP contribution in [0, 0.1) is 18.3 Å². The molecule has 2 heteroatoms. The zero-order valence-corrected chi connectivity index (χ0v) is 9.18. The van der Waals surface area contributed by atoms with Crippen LogP contribution in [0.1, 0.15) is 22.8 Å². The predicted molar refractivity (Wildman–Crippen MR) is 61.9 cm³/mol. The fraction of sp³-hybridized carbons (Fsp3) is 0.214. The summed E-state index contributed by atoms with van der Waals surface area (Å²) in [7, 11) is 0. The maximum absolute atomic E-state index is 9.18. The van der Waals surface area contributed by atoms with Crippen molar-refractivity contribution in [2.75, 3.05) is 0 Å². The molecule has 0 amide bonds. The lowest BCUT2D eigenvalue weighted by Gasteiger charge is -2.08. The summed E-state index contributed by atoms with van der Waals surface area (Å²) in [6, 6.07) is 14.1. The Labute approximate surface area is 95.1 Å². The summed E-state index contributed by atoms with van der Waals surface area (Å²) in [5.41, 5.74) is 2.23. The van der Waals surface area contributed by atoms with Crippen LogP contribution in [0.5, 0.6) is 0 Å². The number of hydrogen-bond acceptors (Lipinski definition) is 2. The lowest BCUT2D eigenvalue weighted by atomic mass is 9.95. The Kier molecular flexibility index (Phi) is 3.07. The van der Waals surface area contributed by atoms with Gasteiger partial charge in [-0.05, 0) is 24.6 Å². The van der Waals surface area contributed by atoms with Crippen molar-refractivity contribution in [3.8, 4) is 6.07 Å². The van der Waals surface area contributed by atoms with E-state index in [4.69, 9.17) is 4.42 Å². The quantitative estimate of drug-likeness (QED) is 0.779. The average Bonchev–Trinajstić information content (AvgIpc) is 2.78. The van der Waals surface area contributed by atoms with Crippen LogP contribution in [0.2, 0.25) is 0 Å². The van der Waals surface area contributed by atoms with E-state index >= 15 is 0 Å². The maximum atomic E-state index is 9.18. The molecule has 0 spiro atoms. The van der Waals surface area contributed by atoms with Crippen molar-refractivity contribution in [2.24, 2.45) is 0 Å². The predicted octanol–water partition coefficient (Wildman–Crippen LogP) is 3.44. The van der Waals surface area contributed by atoms with E-state index in [0.29, 0.717) is 6.42 Å². The SMILES string of the molecule is Cc1cccc(C(C#N)Cc2ccco2)c1. The summed E-state index contributed by atoms with van der Waals surface area (Å²) in [6.07, 6.45) is 2.27. The molecule has 0 aliphatic heterocycles. The number of rotatable bonds is 3. The normalized spacial score (nSPS) is 12.0. The van der Waals surface area contributed by atoms with E-state index in [9.17, 15) is 5.26 Å². The molecule has 0 radical (unpaired) electrons. The van der Waals surface area contributed by atoms with Gasteiger partial charge in [-0.1, -0.05) is 29.8 Å². The highest BCUT2D eigenvalue weighted by Crippen LogP contribution is 2.21. The van der Waals surface area contributed by atoms with Crippen LogP contribution in [-0.2, 0) is 6.42 Å².